The fraction of sp³-hybridized carbons (Fsp3) is 0.214. The van der Waals surface area contributed by atoms with Crippen LogP contribution in [-0.4, -0.2) is 16.2 Å². The van der Waals surface area contributed by atoms with Crippen molar-refractivity contribution in [2.24, 2.45) is 4.99 Å². The van der Waals surface area contributed by atoms with Gasteiger partial charge >= 0.3 is 11.9 Å². The highest BCUT2D eigenvalue weighted by atomic mass is 19.4. The summed E-state index contributed by atoms with van der Waals surface area (Å²) in [5.74, 6) is 0. The molecule has 2 heterocycles. The molecule has 3 rings (SSSR count). The summed E-state index contributed by atoms with van der Waals surface area (Å²) >= 11 is 0. The van der Waals surface area contributed by atoms with Gasteiger partial charge in [-0.15, -0.1) is 0 Å². The molecule has 0 amide bonds. The molecule has 1 aliphatic rings. The maximum absolute atomic E-state index is 13.0. The maximum Gasteiger partial charge on any atom is 0.416 e. The fourth-order valence-electron chi connectivity index (χ4n) is 2.53. The van der Waals surface area contributed by atoms with E-state index >= 15 is 0 Å². The van der Waals surface area contributed by atoms with Gasteiger partial charge in [0.2, 0.25) is 0 Å². The van der Waals surface area contributed by atoms with E-state index in [1.165, 1.54) is 13.1 Å². The summed E-state index contributed by atoms with van der Waals surface area (Å²) in [6.45, 7) is 1.59. The van der Waals surface area contributed by atoms with Crippen molar-refractivity contribution in [3.63, 3.8) is 0 Å². The number of benzene rings is 1. The lowest BCUT2D eigenvalue weighted by atomic mass is 9.94. The molecule has 5 nitrogen and oxygen atoms in total. The zero-order chi connectivity index (χ0) is 16.1. The molecule has 0 saturated heterocycles. The Hall–Kier alpha value is -2.64. The van der Waals surface area contributed by atoms with Crippen LogP contribution in [0, 0.1) is 6.92 Å². The van der Waals surface area contributed by atoms with E-state index in [0.29, 0.717) is 11.1 Å². The van der Waals surface area contributed by atoms with E-state index in [9.17, 15) is 22.8 Å². The molecule has 1 aromatic carbocycles. The van der Waals surface area contributed by atoms with Crippen LogP contribution >= 0.6 is 0 Å². The summed E-state index contributed by atoms with van der Waals surface area (Å²) in [4.78, 5) is 31.6. The molecule has 0 radical (unpaired) electrons. The van der Waals surface area contributed by atoms with Gasteiger partial charge in [-0.05, 0) is 30.2 Å². The Balaban J connectivity index is 2.37. The summed E-state index contributed by atoms with van der Waals surface area (Å²) in [5, 5.41) is 0. The predicted octanol–water partition coefficient (Wildman–Crippen LogP) is 1.99. The van der Waals surface area contributed by atoms with Crippen LogP contribution in [-0.2, 0) is 12.7 Å². The quantitative estimate of drug-likeness (QED) is 0.845. The lowest BCUT2D eigenvalue weighted by Gasteiger charge is -2.14. The number of alkyl halides is 3. The molecule has 114 valence electrons. The zero-order valence-electron chi connectivity index (χ0n) is 11.3. The second kappa shape index (κ2) is 4.69. The molecule has 0 spiro atoms. The molecular formula is C14H10F3N3O2. The second-order valence-electron chi connectivity index (χ2n) is 4.97. The van der Waals surface area contributed by atoms with Crippen LogP contribution in [0.2, 0.25) is 0 Å². The average Bonchev–Trinajstić information content (AvgIpc) is 2.84. The number of rotatable bonds is 1. The SMILES string of the molecule is Cc1[nH]c(=O)[nH]c(=O)c1-c1cc(C(F)(F)F)cc2c1C=NC2. The third-order valence-corrected chi connectivity index (χ3v) is 3.47. The lowest BCUT2D eigenvalue weighted by molar-refractivity contribution is -0.137. The van der Waals surface area contributed by atoms with Crippen molar-refractivity contribution in [2.75, 3.05) is 0 Å². The Morgan fingerprint density at radius 2 is 1.91 bits per heavy atom. The van der Waals surface area contributed by atoms with Gasteiger partial charge in [0.05, 0.1) is 17.7 Å². The number of aryl methyl sites for hydroxylation is 1. The standard InChI is InChI=1S/C14H10F3N3O2/c1-6-11(12(21)20-13(22)19-6)9-3-8(14(15,16)17)2-7-4-18-5-10(7)9/h2-3,5H,4H2,1H3,(H2,19,20,21,22). The van der Waals surface area contributed by atoms with Gasteiger partial charge in [0.15, 0.2) is 0 Å². The number of aromatic nitrogens is 2. The first-order chi connectivity index (χ1) is 10.3. The molecule has 8 heteroatoms. The van der Waals surface area contributed by atoms with E-state index < -0.39 is 23.0 Å². The highest BCUT2D eigenvalue weighted by molar-refractivity contribution is 5.94. The molecule has 2 N–H and O–H groups in total. The van der Waals surface area contributed by atoms with Crippen molar-refractivity contribution < 1.29 is 13.2 Å². The highest BCUT2D eigenvalue weighted by Crippen LogP contribution is 2.36. The third kappa shape index (κ3) is 2.26. The molecule has 0 aliphatic carbocycles. The average molecular weight is 309 g/mol. The van der Waals surface area contributed by atoms with E-state index in [1.807, 2.05) is 4.98 Å². The molecule has 1 aromatic heterocycles. The Kier molecular flexibility index (Phi) is 3.05. The Morgan fingerprint density at radius 3 is 2.55 bits per heavy atom. The molecule has 2 aromatic rings. The van der Waals surface area contributed by atoms with Crippen molar-refractivity contribution in [3.8, 4) is 11.1 Å². The van der Waals surface area contributed by atoms with Crippen LogP contribution in [0.1, 0.15) is 22.4 Å². The highest BCUT2D eigenvalue weighted by Gasteiger charge is 2.33. The second-order valence-corrected chi connectivity index (χ2v) is 4.97. The van der Waals surface area contributed by atoms with Crippen LogP contribution in [0.4, 0.5) is 13.2 Å². The largest absolute Gasteiger partial charge is 0.416 e. The van der Waals surface area contributed by atoms with Gasteiger partial charge in [0, 0.05) is 17.5 Å². The molecule has 0 saturated carbocycles. The minimum Gasteiger partial charge on any atom is -0.311 e. The van der Waals surface area contributed by atoms with Crippen LogP contribution < -0.4 is 11.2 Å². The number of nitrogens with zero attached hydrogens (tertiary/aromatic N) is 1. The van der Waals surface area contributed by atoms with Gasteiger partial charge in [-0.25, -0.2) is 4.79 Å². The number of halogens is 3. The van der Waals surface area contributed by atoms with E-state index in [4.69, 9.17) is 0 Å². The number of hydrogen-bond donors (Lipinski definition) is 2. The molecule has 22 heavy (non-hydrogen) atoms. The topological polar surface area (TPSA) is 78.1 Å². The van der Waals surface area contributed by atoms with Crippen LogP contribution in [0.3, 0.4) is 0 Å². The minimum absolute atomic E-state index is 0.00954. The number of nitrogens with one attached hydrogen (secondary N) is 2. The summed E-state index contributed by atoms with van der Waals surface area (Å²) in [7, 11) is 0. The normalized spacial score (nSPS) is 13.5. The van der Waals surface area contributed by atoms with Crippen LogP contribution in [0.25, 0.3) is 11.1 Å². The molecule has 0 fully saturated rings. The molecule has 0 atom stereocenters. The summed E-state index contributed by atoms with van der Waals surface area (Å²) in [6, 6.07) is 1.94. The number of H-pyrrole nitrogens is 2. The maximum atomic E-state index is 13.0. The van der Waals surface area contributed by atoms with Crippen molar-refractivity contribution in [3.05, 3.63) is 55.4 Å². The van der Waals surface area contributed by atoms with Gasteiger partial charge in [0.1, 0.15) is 0 Å². The molecule has 0 bridgehead atoms. The monoisotopic (exact) mass is 309 g/mol. The lowest BCUT2D eigenvalue weighted by Crippen LogP contribution is -2.25. The summed E-state index contributed by atoms with van der Waals surface area (Å²) in [6.07, 6.45) is -3.09. The van der Waals surface area contributed by atoms with E-state index in [1.54, 1.807) is 0 Å². The van der Waals surface area contributed by atoms with Crippen LogP contribution in [0.15, 0.2) is 26.7 Å². The van der Waals surface area contributed by atoms with Crippen molar-refractivity contribution in [1.82, 2.24) is 9.97 Å². The first-order valence-electron chi connectivity index (χ1n) is 6.35. The van der Waals surface area contributed by atoms with Crippen molar-refractivity contribution in [2.45, 2.75) is 19.6 Å². The predicted molar refractivity (Wildman–Crippen MR) is 74.2 cm³/mol. The number of hydrogen-bond acceptors (Lipinski definition) is 3. The van der Waals surface area contributed by atoms with Gasteiger partial charge in [-0.3, -0.25) is 14.8 Å². The van der Waals surface area contributed by atoms with Gasteiger partial charge < -0.3 is 4.98 Å². The number of aromatic amines is 2. The Bertz CT molecular complexity index is 907. The first kappa shape index (κ1) is 14.3. The summed E-state index contributed by atoms with van der Waals surface area (Å²) < 4.78 is 39.1. The smallest absolute Gasteiger partial charge is 0.311 e. The summed E-state index contributed by atoms with van der Waals surface area (Å²) in [5.41, 5.74) is -1.10. The fourth-order valence-corrected chi connectivity index (χ4v) is 2.53. The Labute approximate surface area is 121 Å². The zero-order valence-corrected chi connectivity index (χ0v) is 11.3. The number of fused-ring (bicyclic) bond motifs is 1. The van der Waals surface area contributed by atoms with Crippen molar-refractivity contribution in [1.29, 1.82) is 0 Å². The number of aliphatic imine (C=N–C) groups is 1. The van der Waals surface area contributed by atoms with Crippen molar-refractivity contribution >= 4 is 6.21 Å². The molecular weight excluding hydrogens is 299 g/mol. The van der Waals surface area contributed by atoms with Gasteiger partial charge in [0.25, 0.3) is 5.56 Å². The van der Waals surface area contributed by atoms with E-state index in [-0.39, 0.29) is 23.4 Å². The van der Waals surface area contributed by atoms with Gasteiger partial charge in [-0.2, -0.15) is 13.2 Å². The van der Waals surface area contributed by atoms with E-state index in [2.05, 4.69) is 9.98 Å². The minimum atomic E-state index is -4.53. The van der Waals surface area contributed by atoms with E-state index in [0.717, 1.165) is 12.1 Å². The van der Waals surface area contributed by atoms with Gasteiger partial charge in [-0.1, -0.05) is 0 Å². The third-order valence-electron chi connectivity index (χ3n) is 3.47. The first-order valence-corrected chi connectivity index (χ1v) is 6.35. The molecule has 0 unspecified atom stereocenters. The molecule has 1 aliphatic heterocycles. The van der Waals surface area contributed by atoms with Crippen LogP contribution in [0.5, 0.6) is 0 Å². The Morgan fingerprint density at radius 1 is 1.18 bits per heavy atom.